The molecule has 4 nitrogen and oxygen atoms in total. The van der Waals surface area contributed by atoms with Gasteiger partial charge in [0.05, 0.1) is 6.10 Å². The molecule has 0 unspecified atom stereocenters. The van der Waals surface area contributed by atoms with Gasteiger partial charge in [-0.3, -0.25) is 0 Å². The van der Waals surface area contributed by atoms with Crippen molar-refractivity contribution in [2.75, 3.05) is 11.9 Å². The fourth-order valence-electron chi connectivity index (χ4n) is 1.51. The molecule has 0 aromatic carbocycles. The highest BCUT2D eigenvalue weighted by Crippen LogP contribution is 2.13. The van der Waals surface area contributed by atoms with Crippen molar-refractivity contribution in [3.05, 3.63) is 34.8 Å². The highest BCUT2D eigenvalue weighted by molar-refractivity contribution is 7.07. The van der Waals surface area contributed by atoms with Gasteiger partial charge in [-0.15, -0.1) is 0 Å². The quantitative estimate of drug-likeness (QED) is 0.870. The molecule has 2 aromatic heterocycles. The molecule has 0 saturated carbocycles. The maximum atomic E-state index is 5.52. The number of rotatable bonds is 6. The SMILES string of the molecule is CC(C)Oc1cc(NCCc2ccsc2)ncn1. The molecule has 0 aliphatic rings. The van der Waals surface area contributed by atoms with Crippen LogP contribution in [0.15, 0.2) is 29.2 Å². The summed E-state index contributed by atoms with van der Waals surface area (Å²) in [5.41, 5.74) is 1.35. The first-order chi connectivity index (χ1) is 8.74. The van der Waals surface area contributed by atoms with Gasteiger partial charge in [0.25, 0.3) is 0 Å². The first-order valence-corrected chi connectivity index (χ1v) is 6.92. The lowest BCUT2D eigenvalue weighted by Crippen LogP contribution is -2.09. The van der Waals surface area contributed by atoms with Crippen LogP contribution in [-0.4, -0.2) is 22.6 Å². The fourth-order valence-corrected chi connectivity index (χ4v) is 2.22. The van der Waals surface area contributed by atoms with Gasteiger partial charge >= 0.3 is 0 Å². The molecule has 1 N–H and O–H groups in total. The molecule has 0 radical (unpaired) electrons. The summed E-state index contributed by atoms with van der Waals surface area (Å²) >= 11 is 1.72. The molecule has 5 heteroatoms. The number of hydrogen-bond donors (Lipinski definition) is 1. The van der Waals surface area contributed by atoms with E-state index in [0.29, 0.717) is 5.88 Å². The van der Waals surface area contributed by atoms with E-state index in [4.69, 9.17) is 4.74 Å². The van der Waals surface area contributed by atoms with Gasteiger partial charge in [-0.25, -0.2) is 9.97 Å². The Hall–Kier alpha value is -1.62. The number of nitrogens with one attached hydrogen (secondary N) is 1. The van der Waals surface area contributed by atoms with Crippen molar-refractivity contribution in [1.29, 1.82) is 0 Å². The molecule has 18 heavy (non-hydrogen) atoms. The van der Waals surface area contributed by atoms with Crippen LogP contribution in [0.3, 0.4) is 0 Å². The molecule has 0 saturated heterocycles. The van der Waals surface area contributed by atoms with Crippen LogP contribution < -0.4 is 10.1 Å². The van der Waals surface area contributed by atoms with Gasteiger partial charge in [0, 0.05) is 12.6 Å². The van der Waals surface area contributed by atoms with Crippen LogP contribution in [0, 0.1) is 0 Å². The third-order valence-electron chi connectivity index (χ3n) is 2.30. The van der Waals surface area contributed by atoms with Crippen molar-refractivity contribution in [3.63, 3.8) is 0 Å². The van der Waals surface area contributed by atoms with Crippen LogP contribution in [0.25, 0.3) is 0 Å². The minimum absolute atomic E-state index is 0.124. The molecular weight excluding hydrogens is 246 g/mol. The second-order valence-electron chi connectivity index (χ2n) is 4.22. The summed E-state index contributed by atoms with van der Waals surface area (Å²) in [6, 6.07) is 3.97. The molecule has 2 aromatic rings. The molecule has 2 rings (SSSR count). The second-order valence-corrected chi connectivity index (χ2v) is 5.00. The fraction of sp³-hybridized carbons (Fsp3) is 0.385. The third kappa shape index (κ3) is 4.00. The average molecular weight is 263 g/mol. The lowest BCUT2D eigenvalue weighted by atomic mass is 10.2. The number of aromatic nitrogens is 2. The van der Waals surface area contributed by atoms with Crippen LogP contribution in [0.5, 0.6) is 5.88 Å². The Labute approximate surface area is 111 Å². The summed E-state index contributed by atoms with van der Waals surface area (Å²) in [4.78, 5) is 8.23. The van der Waals surface area contributed by atoms with Gasteiger partial charge in [-0.2, -0.15) is 11.3 Å². The van der Waals surface area contributed by atoms with Crippen LogP contribution in [0.4, 0.5) is 5.82 Å². The van der Waals surface area contributed by atoms with Crippen molar-refractivity contribution in [2.24, 2.45) is 0 Å². The first kappa shape index (κ1) is 12.8. The highest BCUT2D eigenvalue weighted by atomic mass is 32.1. The minimum atomic E-state index is 0.124. The summed E-state index contributed by atoms with van der Waals surface area (Å²) in [6.07, 6.45) is 2.64. The van der Waals surface area contributed by atoms with E-state index >= 15 is 0 Å². The van der Waals surface area contributed by atoms with Gasteiger partial charge in [-0.05, 0) is 42.7 Å². The number of hydrogen-bond acceptors (Lipinski definition) is 5. The zero-order valence-electron chi connectivity index (χ0n) is 10.6. The summed E-state index contributed by atoms with van der Waals surface area (Å²) in [6.45, 7) is 4.81. The highest BCUT2D eigenvalue weighted by Gasteiger charge is 2.01. The zero-order valence-corrected chi connectivity index (χ0v) is 11.4. The molecule has 0 amide bonds. The molecule has 0 atom stereocenters. The molecule has 0 aliphatic heterocycles. The van der Waals surface area contributed by atoms with Crippen molar-refractivity contribution in [3.8, 4) is 5.88 Å². The average Bonchev–Trinajstić information content (AvgIpc) is 2.82. The minimum Gasteiger partial charge on any atom is -0.475 e. The lowest BCUT2D eigenvalue weighted by Gasteiger charge is -2.10. The van der Waals surface area contributed by atoms with E-state index in [-0.39, 0.29) is 6.10 Å². The van der Waals surface area contributed by atoms with Gasteiger partial charge in [0.15, 0.2) is 0 Å². The van der Waals surface area contributed by atoms with E-state index < -0.39 is 0 Å². The first-order valence-electron chi connectivity index (χ1n) is 5.97. The molecule has 0 fully saturated rings. The summed E-state index contributed by atoms with van der Waals surface area (Å²) in [5, 5.41) is 7.52. The Morgan fingerprint density at radius 2 is 2.28 bits per heavy atom. The number of ether oxygens (including phenoxy) is 1. The van der Waals surface area contributed by atoms with Crippen LogP contribution >= 0.6 is 11.3 Å². The van der Waals surface area contributed by atoms with E-state index in [9.17, 15) is 0 Å². The monoisotopic (exact) mass is 263 g/mol. The van der Waals surface area contributed by atoms with Crippen LogP contribution in [-0.2, 0) is 6.42 Å². The molecular formula is C13H17N3OS. The number of thiophene rings is 1. The van der Waals surface area contributed by atoms with Crippen LogP contribution in [0.2, 0.25) is 0 Å². The third-order valence-corrected chi connectivity index (χ3v) is 3.03. The zero-order chi connectivity index (χ0) is 12.8. The molecule has 0 spiro atoms. The van der Waals surface area contributed by atoms with Gasteiger partial charge in [0.1, 0.15) is 12.1 Å². The molecule has 2 heterocycles. The lowest BCUT2D eigenvalue weighted by molar-refractivity contribution is 0.232. The van der Waals surface area contributed by atoms with E-state index in [1.165, 1.54) is 11.9 Å². The molecule has 0 bridgehead atoms. The van der Waals surface area contributed by atoms with Crippen molar-refractivity contribution < 1.29 is 4.74 Å². The van der Waals surface area contributed by atoms with E-state index in [1.54, 1.807) is 11.3 Å². The summed E-state index contributed by atoms with van der Waals surface area (Å²) in [7, 11) is 0. The Bertz CT molecular complexity index is 471. The van der Waals surface area contributed by atoms with Gasteiger partial charge in [-0.1, -0.05) is 0 Å². The maximum Gasteiger partial charge on any atom is 0.218 e. The topological polar surface area (TPSA) is 47.0 Å². The Balaban J connectivity index is 1.85. The number of nitrogens with zero attached hydrogens (tertiary/aromatic N) is 2. The molecule has 0 aliphatic carbocycles. The Morgan fingerprint density at radius 1 is 1.39 bits per heavy atom. The Kier molecular flexibility index (Phi) is 4.52. The predicted molar refractivity (Wildman–Crippen MR) is 74.3 cm³/mol. The van der Waals surface area contributed by atoms with Crippen molar-refractivity contribution in [2.45, 2.75) is 26.4 Å². The van der Waals surface area contributed by atoms with E-state index in [1.807, 2.05) is 19.9 Å². The number of anilines is 1. The Morgan fingerprint density at radius 3 is 3.00 bits per heavy atom. The van der Waals surface area contributed by atoms with Gasteiger partial charge in [0.2, 0.25) is 5.88 Å². The predicted octanol–water partition coefficient (Wildman–Crippen LogP) is 2.98. The van der Waals surface area contributed by atoms with Gasteiger partial charge < -0.3 is 10.1 Å². The van der Waals surface area contributed by atoms with E-state index in [0.717, 1.165) is 18.8 Å². The largest absolute Gasteiger partial charge is 0.475 e. The normalized spacial score (nSPS) is 10.6. The smallest absolute Gasteiger partial charge is 0.218 e. The summed E-state index contributed by atoms with van der Waals surface area (Å²) in [5.74, 6) is 1.41. The van der Waals surface area contributed by atoms with Crippen LogP contribution in [0.1, 0.15) is 19.4 Å². The van der Waals surface area contributed by atoms with Crippen molar-refractivity contribution >= 4 is 17.2 Å². The van der Waals surface area contributed by atoms with Crippen molar-refractivity contribution in [1.82, 2.24) is 9.97 Å². The molecule has 96 valence electrons. The maximum absolute atomic E-state index is 5.52. The summed E-state index contributed by atoms with van der Waals surface area (Å²) < 4.78 is 5.52. The second kappa shape index (κ2) is 6.35. The van der Waals surface area contributed by atoms with E-state index in [2.05, 4.69) is 32.1 Å². The standard InChI is InChI=1S/C13H17N3OS/c1-10(2)17-13-7-12(15-9-16-13)14-5-3-11-4-6-18-8-11/h4,6-10H,3,5H2,1-2H3,(H,14,15,16).